The highest BCUT2D eigenvalue weighted by molar-refractivity contribution is 6.10. The Balaban J connectivity index is 1.55. The molecule has 0 atom stereocenters. The molecule has 2 aromatic heterocycles. The first-order chi connectivity index (χ1) is 19.6. The van der Waals surface area contributed by atoms with Gasteiger partial charge in [-0.2, -0.15) is 0 Å². The van der Waals surface area contributed by atoms with Crippen molar-refractivity contribution < 1.29 is 0 Å². The van der Waals surface area contributed by atoms with E-state index < -0.39 is 0 Å². The first-order valence-corrected chi connectivity index (χ1v) is 14.3. The lowest BCUT2D eigenvalue weighted by Gasteiger charge is -2.48. The Morgan fingerprint density at radius 3 is 1.25 bits per heavy atom. The fourth-order valence-corrected chi connectivity index (χ4v) is 7.73. The van der Waals surface area contributed by atoms with Gasteiger partial charge in [0, 0.05) is 28.0 Å². The van der Waals surface area contributed by atoms with Crippen LogP contribution in [0.4, 0.5) is 0 Å². The maximum Gasteiger partial charge on any atom is 0.126 e. The van der Waals surface area contributed by atoms with E-state index in [9.17, 15) is 0 Å². The molecule has 2 nitrogen and oxygen atoms in total. The summed E-state index contributed by atoms with van der Waals surface area (Å²) in [5.74, 6) is 0. The lowest BCUT2D eigenvalue weighted by atomic mass is 9.68. The molecule has 8 rings (SSSR count). The highest BCUT2D eigenvalue weighted by Gasteiger charge is 2.46. The topological polar surface area (TPSA) is 9.86 Å². The van der Waals surface area contributed by atoms with Crippen LogP contribution in [-0.2, 0) is 5.66 Å². The van der Waals surface area contributed by atoms with Crippen LogP contribution < -0.4 is 0 Å². The first-order valence-electron chi connectivity index (χ1n) is 14.3. The number of aromatic nitrogens is 2. The van der Waals surface area contributed by atoms with Crippen LogP contribution in [0.15, 0.2) is 133 Å². The Kier molecular flexibility index (Phi) is 4.94. The van der Waals surface area contributed by atoms with Gasteiger partial charge in [-0.25, -0.2) is 0 Å². The molecule has 0 amide bonds. The van der Waals surface area contributed by atoms with Crippen molar-refractivity contribution in [1.29, 1.82) is 0 Å². The lowest BCUT2D eigenvalue weighted by molar-refractivity contribution is 0.170. The van der Waals surface area contributed by atoms with Gasteiger partial charge in [0.15, 0.2) is 0 Å². The molecule has 0 spiro atoms. The molecule has 0 aliphatic heterocycles. The molecule has 0 saturated heterocycles. The minimum absolute atomic E-state index is 0.0709. The van der Waals surface area contributed by atoms with E-state index in [-0.39, 0.29) is 11.1 Å². The highest BCUT2D eigenvalue weighted by atomic mass is 15.3. The van der Waals surface area contributed by atoms with Crippen LogP contribution >= 0.6 is 0 Å². The number of fused-ring (bicyclic) bond motifs is 6. The van der Waals surface area contributed by atoms with Crippen molar-refractivity contribution in [3.63, 3.8) is 0 Å². The largest absolute Gasteiger partial charge is 0.316 e. The summed E-state index contributed by atoms with van der Waals surface area (Å²) in [5.41, 5.74) is 7.49. The van der Waals surface area contributed by atoms with E-state index in [1.54, 1.807) is 0 Å². The Bertz CT molecular complexity index is 1860. The van der Waals surface area contributed by atoms with Crippen LogP contribution in [0.3, 0.4) is 0 Å². The fourth-order valence-electron chi connectivity index (χ4n) is 7.73. The Morgan fingerprint density at radius 1 is 0.475 bits per heavy atom. The van der Waals surface area contributed by atoms with Crippen LogP contribution in [0.5, 0.6) is 0 Å². The van der Waals surface area contributed by atoms with Gasteiger partial charge < -0.3 is 9.13 Å². The SMILES string of the molecule is CC1(C)CC(n2c3ccccc3c3ccccc32)(n2c3ccccc3c3ccccc32)CC=C1c1ccccc1. The van der Waals surface area contributed by atoms with Gasteiger partial charge in [0.25, 0.3) is 0 Å². The molecule has 1 aliphatic rings. The number of hydrogen-bond donors (Lipinski definition) is 0. The Morgan fingerprint density at radius 2 is 0.850 bits per heavy atom. The molecule has 0 bridgehead atoms. The molecule has 1 aliphatic carbocycles. The average molecular weight is 517 g/mol. The summed E-state index contributed by atoms with van der Waals surface area (Å²) < 4.78 is 5.35. The van der Waals surface area contributed by atoms with Gasteiger partial charge in [0.2, 0.25) is 0 Å². The average Bonchev–Trinajstić information content (AvgIpc) is 3.51. The lowest BCUT2D eigenvalue weighted by Crippen LogP contribution is -2.46. The second-order valence-electron chi connectivity index (χ2n) is 12.0. The molecule has 0 unspecified atom stereocenters. The molecule has 7 aromatic rings. The molecule has 0 N–H and O–H groups in total. The summed E-state index contributed by atoms with van der Waals surface area (Å²) in [6, 6.07) is 46.8. The summed E-state index contributed by atoms with van der Waals surface area (Å²) in [7, 11) is 0. The van der Waals surface area contributed by atoms with Crippen LogP contribution in [0.25, 0.3) is 49.2 Å². The van der Waals surface area contributed by atoms with Crippen LogP contribution in [0, 0.1) is 5.41 Å². The van der Waals surface area contributed by atoms with E-state index in [1.807, 2.05) is 0 Å². The number of allylic oxidation sites excluding steroid dienone is 2. The molecule has 0 saturated carbocycles. The van der Waals surface area contributed by atoms with E-state index in [2.05, 4.69) is 156 Å². The number of nitrogens with zero attached hydrogens (tertiary/aromatic N) is 2. The fraction of sp³-hybridized carbons (Fsp3) is 0.158. The van der Waals surface area contributed by atoms with Gasteiger partial charge in [-0.15, -0.1) is 0 Å². The standard InChI is InChI=1S/C38H32N2/c1-37(2)26-38(25-24-32(37)27-14-4-3-5-15-27,39-33-20-10-6-16-28(33)29-17-7-11-21-34(29)39)40-35-22-12-8-18-30(35)31-19-9-13-23-36(31)40/h3-24H,25-26H2,1-2H3. The van der Waals surface area contributed by atoms with Crippen molar-refractivity contribution >= 4 is 49.2 Å². The third-order valence-corrected chi connectivity index (χ3v) is 9.16. The summed E-state index contributed by atoms with van der Waals surface area (Å²) in [4.78, 5) is 0. The molecular formula is C38H32N2. The number of para-hydroxylation sites is 4. The van der Waals surface area contributed by atoms with Crippen molar-refractivity contribution in [3.05, 3.63) is 139 Å². The molecule has 0 radical (unpaired) electrons. The molecule has 2 heterocycles. The minimum Gasteiger partial charge on any atom is -0.316 e. The Hall–Kier alpha value is -4.56. The van der Waals surface area contributed by atoms with Crippen molar-refractivity contribution in [1.82, 2.24) is 9.13 Å². The van der Waals surface area contributed by atoms with Crippen molar-refractivity contribution in [2.24, 2.45) is 5.41 Å². The number of benzene rings is 5. The highest BCUT2D eigenvalue weighted by Crippen LogP contribution is 2.53. The predicted octanol–water partition coefficient (Wildman–Crippen LogP) is 10.0. The second kappa shape index (κ2) is 8.47. The van der Waals surface area contributed by atoms with Crippen LogP contribution in [0.1, 0.15) is 32.3 Å². The van der Waals surface area contributed by atoms with Gasteiger partial charge >= 0.3 is 0 Å². The third-order valence-electron chi connectivity index (χ3n) is 9.16. The maximum atomic E-state index is 2.68. The zero-order valence-corrected chi connectivity index (χ0v) is 23.0. The number of rotatable bonds is 3. The summed E-state index contributed by atoms with van der Waals surface area (Å²) in [6.45, 7) is 4.86. The smallest absolute Gasteiger partial charge is 0.126 e. The zero-order chi connectivity index (χ0) is 26.9. The van der Waals surface area contributed by atoms with Gasteiger partial charge in [-0.05, 0) is 47.2 Å². The van der Waals surface area contributed by atoms with Gasteiger partial charge in [-0.1, -0.05) is 123 Å². The molecular weight excluding hydrogens is 484 g/mol. The third kappa shape index (κ3) is 3.17. The molecule has 0 fully saturated rings. The minimum atomic E-state index is -0.354. The normalized spacial score (nSPS) is 16.6. The molecule has 194 valence electrons. The van der Waals surface area contributed by atoms with Crippen molar-refractivity contribution in [3.8, 4) is 0 Å². The second-order valence-corrected chi connectivity index (χ2v) is 12.0. The monoisotopic (exact) mass is 516 g/mol. The zero-order valence-electron chi connectivity index (χ0n) is 23.0. The molecule has 5 aromatic carbocycles. The van der Waals surface area contributed by atoms with Crippen LogP contribution in [0.2, 0.25) is 0 Å². The molecule has 40 heavy (non-hydrogen) atoms. The van der Waals surface area contributed by atoms with Crippen molar-refractivity contribution in [2.45, 2.75) is 32.4 Å². The quantitative estimate of drug-likeness (QED) is 0.221. The van der Waals surface area contributed by atoms with E-state index in [1.165, 1.54) is 54.7 Å². The first kappa shape index (κ1) is 23.3. The predicted molar refractivity (Wildman–Crippen MR) is 170 cm³/mol. The molecule has 2 heteroatoms. The summed E-state index contributed by atoms with van der Waals surface area (Å²) >= 11 is 0. The van der Waals surface area contributed by atoms with E-state index >= 15 is 0 Å². The van der Waals surface area contributed by atoms with Crippen LogP contribution in [-0.4, -0.2) is 9.13 Å². The summed E-state index contributed by atoms with van der Waals surface area (Å²) in [5, 5.41) is 5.26. The van der Waals surface area contributed by atoms with Crippen molar-refractivity contribution in [2.75, 3.05) is 0 Å². The van der Waals surface area contributed by atoms with E-state index in [0.717, 1.165) is 12.8 Å². The van der Waals surface area contributed by atoms with Gasteiger partial charge in [0.1, 0.15) is 5.66 Å². The number of hydrogen-bond acceptors (Lipinski definition) is 0. The summed E-state index contributed by atoms with van der Waals surface area (Å²) in [6.07, 6.45) is 4.39. The van der Waals surface area contributed by atoms with Gasteiger partial charge in [0.05, 0.1) is 22.1 Å². The van der Waals surface area contributed by atoms with E-state index in [0.29, 0.717) is 0 Å². The Labute approximate surface area is 234 Å². The van der Waals surface area contributed by atoms with Gasteiger partial charge in [-0.3, -0.25) is 0 Å². The maximum absolute atomic E-state index is 2.68. The van der Waals surface area contributed by atoms with E-state index in [4.69, 9.17) is 0 Å².